The van der Waals surface area contributed by atoms with Gasteiger partial charge in [0.25, 0.3) is 0 Å². The second kappa shape index (κ2) is 11.5. The fourth-order valence-corrected chi connectivity index (χ4v) is 0.496. The van der Waals surface area contributed by atoms with Gasteiger partial charge in [0.2, 0.25) is 0 Å². The lowest BCUT2D eigenvalue weighted by atomic mass is 10.4. The zero-order valence-electron chi connectivity index (χ0n) is 6.04. The van der Waals surface area contributed by atoms with Crippen molar-refractivity contribution in [3.05, 3.63) is 0 Å². The van der Waals surface area contributed by atoms with Crippen LogP contribution in [0, 0.1) is 0 Å². The molecule has 0 aliphatic carbocycles. The summed E-state index contributed by atoms with van der Waals surface area (Å²) in [5.41, 5.74) is 5.16. The van der Waals surface area contributed by atoms with Gasteiger partial charge in [-0.1, -0.05) is 6.92 Å². The fraction of sp³-hybridized carbons (Fsp3) is 1.00. The van der Waals surface area contributed by atoms with E-state index >= 15 is 0 Å². The van der Waals surface area contributed by atoms with Crippen LogP contribution in [0.15, 0.2) is 0 Å². The highest BCUT2D eigenvalue weighted by molar-refractivity contribution is 4.49. The second-order valence-electron chi connectivity index (χ2n) is 1.65. The Kier molecular flexibility index (Phi) is 18.9. The van der Waals surface area contributed by atoms with Gasteiger partial charge in [-0.3, -0.25) is 14.7 Å². The predicted molar refractivity (Wildman–Crippen MR) is 38.4 cm³/mol. The number of hydrogen-bond donors (Lipinski definition) is 3. The third-order valence-electron chi connectivity index (χ3n) is 0.880. The van der Waals surface area contributed by atoms with Gasteiger partial charge in [-0.2, -0.15) is 0 Å². The Morgan fingerprint density at radius 2 is 2.00 bits per heavy atom. The third-order valence-corrected chi connectivity index (χ3v) is 0.880. The van der Waals surface area contributed by atoms with Crippen molar-refractivity contribution in [2.75, 3.05) is 13.1 Å². The van der Waals surface area contributed by atoms with Gasteiger partial charge in [0.15, 0.2) is 0 Å². The number of halogens is 2. The molecule has 0 amide bonds. The lowest BCUT2D eigenvalue weighted by Gasteiger charge is -2.07. The molecule has 0 heterocycles. The van der Waals surface area contributed by atoms with Gasteiger partial charge in [-0.15, -0.1) is 0 Å². The first-order valence-electron chi connectivity index (χ1n) is 2.92. The average molecular weight is 158 g/mol. The van der Waals surface area contributed by atoms with E-state index in [0.29, 0.717) is 13.0 Å². The van der Waals surface area contributed by atoms with Gasteiger partial charge in [0.05, 0.1) is 0 Å². The molecular weight excluding hydrogens is 142 g/mol. The zero-order valence-corrected chi connectivity index (χ0v) is 6.04. The Morgan fingerprint density at radius 3 is 2.30 bits per heavy atom. The molecule has 0 bridgehead atoms. The minimum atomic E-state index is -0.412. The molecule has 5 heteroatoms. The topological polar surface area (TPSA) is 58.3 Å². The van der Waals surface area contributed by atoms with Crippen LogP contribution in [0.3, 0.4) is 0 Å². The Morgan fingerprint density at radius 1 is 1.50 bits per heavy atom. The van der Waals surface area contributed by atoms with Crippen LogP contribution < -0.4 is 11.1 Å². The normalized spacial score (nSPS) is 11.1. The summed E-state index contributed by atoms with van der Waals surface area (Å²) in [5.74, 6) is 0. The first-order valence-corrected chi connectivity index (χ1v) is 2.92. The van der Waals surface area contributed by atoms with Crippen LogP contribution in [0.4, 0.5) is 9.41 Å². The van der Waals surface area contributed by atoms with Crippen molar-refractivity contribution in [2.45, 2.75) is 19.6 Å². The molecule has 0 saturated carbocycles. The average Bonchev–Trinajstić information content (AvgIpc) is 1.68. The summed E-state index contributed by atoms with van der Waals surface area (Å²) < 4.78 is 0. The molecule has 0 aromatic heterocycles. The maximum Gasteiger partial charge on any atom is 0.106 e. The molecule has 0 aromatic carbocycles. The molecule has 0 fully saturated rings. The Bertz CT molecular complexity index is 50.9. The van der Waals surface area contributed by atoms with E-state index in [1.807, 2.05) is 6.92 Å². The first-order chi connectivity index (χ1) is 3.81. The van der Waals surface area contributed by atoms with Crippen LogP contribution in [0.1, 0.15) is 13.3 Å². The number of aliphatic hydroxyl groups excluding tert-OH is 1. The molecule has 0 rings (SSSR count). The van der Waals surface area contributed by atoms with E-state index in [2.05, 4.69) is 5.32 Å². The lowest BCUT2D eigenvalue weighted by molar-refractivity contribution is 0.133. The van der Waals surface area contributed by atoms with Crippen LogP contribution in [-0.4, -0.2) is 24.4 Å². The summed E-state index contributed by atoms with van der Waals surface area (Å²) in [6.45, 7) is 3.27. The second-order valence-corrected chi connectivity index (χ2v) is 1.65. The maximum absolute atomic E-state index is 8.86. The van der Waals surface area contributed by atoms with E-state index in [1.54, 1.807) is 0 Å². The van der Waals surface area contributed by atoms with E-state index in [4.69, 9.17) is 10.8 Å². The van der Waals surface area contributed by atoms with Crippen molar-refractivity contribution >= 4 is 0 Å². The van der Waals surface area contributed by atoms with E-state index in [0.717, 1.165) is 6.54 Å². The minimum Gasteiger partial charge on any atom is -0.379 e. The highest BCUT2D eigenvalue weighted by Crippen LogP contribution is 1.80. The van der Waals surface area contributed by atoms with Gasteiger partial charge in [0.1, 0.15) is 6.23 Å². The summed E-state index contributed by atoms with van der Waals surface area (Å²) in [6, 6.07) is 0. The Hall–Kier alpha value is -0.260. The smallest absolute Gasteiger partial charge is 0.106 e. The van der Waals surface area contributed by atoms with Crippen LogP contribution in [0.25, 0.3) is 0 Å². The summed E-state index contributed by atoms with van der Waals surface area (Å²) >= 11 is 0. The quantitative estimate of drug-likeness (QED) is 0.486. The summed E-state index contributed by atoms with van der Waals surface area (Å²) in [4.78, 5) is 0. The van der Waals surface area contributed by atoms with Crippen LogP contribution in [0.2, 0.25) is 0 Å². The van der Waals surface area contributed by atoms with Crippen molar-refractivity contribution < 1.29 is 14.5 Å². The Labute approximate surface area is 59.3 Å². The molecule has 1 unspecified atom stereocenters. The molecule has 0 saturated heterocycles. The lowest BCUT2D eigenvalue weighted by Crippen LogP contribution is -2.30. The van der Waals surface area contributed by atoms with E-state index in [-0.39, 0.29) is 9.41 Å². The molecule has 0 spiro atoms. The van der Waals surface area contributed by atoms with Gasteiger partial charge >= 0.3 is 0 Å². The predicted octanol–water partition coefficient (Wildman–Crippen LogP) is -0.432. The van der Waals surface area contributed by atoms with Crippen molar-refractivity contribution in [1.29, 1.82) is 0 Å². The summed E-state index contributed by atoms with van der Waals surface area (Å²) in [6.07, 6.45) is 0.221. The molecule has 3 nitrogen and oxygen atoms in total. The molecule has 66 valence electrons. The van der Waals surface area contributed by atoms with Gasteiger partial charge in [0, 0.05) is 0 Å². The highest BCUT2D eigenvalue weighted by Gasteiger charge is 1.95. The van der Waals surface area contributed by atoms with E-state index in [1.165, 1.54) is 0 Å². The molecular formula is C5H16F2N2O. The number of hydrogen-bond acceptors (Lipinski definition) is 3. The maximum atomic E-state index is 8.86. The van der Waals surface area contributed by atoms with E-state index in [9.17, 15) is 0 Å². The highest BCUT2D eigenvalue weighted by atomic mass is 19.0. The van der Waals surface area contributed by atoms with Crippen LogP contribution in [-0.2, 0) is 0 Å². The van der Waals surface area contributed by atoms with Gasteiger partial charge in [-0.05, 0) is 19.5 Å². The molecule has 0 aliphatic rings. The first kappa shape index (κ1) is 16.4. The fourth-order valence-electron chi connectivity index (χ4n) is 0.496. The third kappa shape index (κ3) is 10.7. The van der Waals surface area contributed by atoms with Crippen LogP contribution >= 0.6 is 0 Å². The molecule has 0 aliphatic heterocycles. The largest absolute Gasteiger partial charge is 0.379 e. The Balaban J connectivity index is -0.000000245. The zero-order chi connectivity index (χ0) is 6.41. The standard InChI is InChI=1S/C5H14N2O.2FH/c1-2-7-5(8)3-4-6;;/h5,7-8H,2-4,6H2,1H3;2*1H. The monoisotopic (exact) mass is 158 g/mol. The van der Waals surface area contributed by atoms with Crippen LogP contribution in [0.5, 0.6) is 0 Å². The van der Waals surface area contributed by atoms with Crippen molar-refractivity contribution in [1.82, 2.24) is 5.32 Å². The molecule has 0 aromatic rings. The van der Waals surface area contributed by atoms with E-state index < -0.39 is 6.23 Å². The van der Waals surface area contributed by atoms with Crippen molar-refractivity contribution in [3.8, 4) is 0 Å². The summed E-state index contributed by atoms with van der Waals surface area (Å²) in [7, 11) is 0. The van der Waals surface area contributed by atoms with Gasteiger partial charge < -0.3 is 10.8 Å². The SMILES string of the molecule is CCNC(O)CCN.F.F. The van der Waals surface area contributed by atoms with Crippen molar-refractivity contribution in [2.24, 2.45) is 5.73 Å². The molecule has 1 atom stereocenters. The molecule has 0 radical (unpaired) electrons. The van der Waals surface area contributed by atoms with Crippen molar-refractivity contribution in [3.63, 3.8) is 0 Å². The summed E-state index contributed by atoms with van der Waals surface area (Å²) in [5, 5.41) is 11.7. The number of rotatable bonds is 4. The number of aliphatic hydroxyl groups is 1. The molecule has 10 heavy (non-hydrogen) atoms. The number of nitrogens with one attached hydrogen (secondary N) is 1. The number of nitrogens with two attached hydrogens (primary N) is 1. The minimum absolute atomic E-state index is 0. The van der Waals surface area contributed by atoms with Gasteiger partial charge in [-0.25, -0.2) is 0 Å². The molecule has 4 N–H and O–H groups in total.